The average molecular weight is 582 g/mol. The summed E-state index contributed by atoms with van der Waals surface area (Å²) < 4.78 is 35.9. The number of benzene rings is 2. The van der Waals surface area contributed by atoms with E-state index >= 15 is 0 Å². The van der Waals surface area contributed by atoms with Crippen LogP contribution in [-0.4, -0.2) is 66.3 Å². The number of aromatic nitrogens is 2. The fourth-order valence-electron chi connectivity index (χ4n) is 3.70. The number of amides is 2. The van der Waals surface area contributed by atoms with Crippen LogP contribution in [0.5, 0.6) is 5.75 Å². The summed E-state index contributed by atoms with van der Waals surface area (Å²) in [5, 5.41) is 14.0. The van der Waals surface area contributed by atoms with Crippen molar-refractivity contribution in [2.75, 3.05) is 12.4 Å². The third-order valence-corrected chi connectivity index (χ3v) is 6.84. The van der Waals surface area contributed by atoms with Crippen molar-refractivity contribution in [3.8, 4) is 5.75 Å². The van der Waals surface area contributed by atoms with E-state index in [-0.39, 0.29) is 53.4 Å². The Kier molecular flexibility index (Phi) is 10.5. The second kappa shape index (κ2) is 13.2. The molecule has 1 unspecified atom stereocenters. The number of nitrogens with one attached hydrogen (secondary N) is 3. The number of nitrogens with zero attached hydrogens (tertiary/aromatic N) is 2. The number of sulfonamides is 1. The molecule has 3 rings (SSSR count). The standard InChI is InChI=1S/C24H27N5O8S.ClH/c1-14(11-29-13-26-19-8-16(24(34)25-3)4-6-20(19)29)37-21-9-17(27-15(2)31)5-7-22(21)38(35,36)28-18(12-30)10-23(32)33;/h4-9,12-14,18,28H,10-11H2,1-3H3,(H,25,34)(H,27,31)(H,32,33);1H/t14-,18?;/m1./s1. The predicted octanol–water partition coefficient (Wildman–Crippen LogP) is 1.56. The maximum absolute atomic E-state index is 13.0. The molecule has 13 nitrogen and oxygen atoms in total. The van der Waals surface area contributed by atoms with Gasteiger partial charge in [-0.1, -0.05) is 0 Å². The number of hydrogen-bond donors (Lipinski definition) is 4. The molecule has 0 saturated carbocycles. The van der Waals surface area contributed by atoms with Gasteiger partial charge in [0, 0.05) is 31.3 Å². The number of carboxylic acid groups (broad SMARTS) is 1. The number of aldehydes is 1. The number of rotatable bonds is 12. The molecule has 2 amide bonds. The Balaban J connectivity index is 0.00000533. The highest BCUT2D eigenvalue weighted by molar-refractivity contribution is 7.89. The quantitative estimate of drug-likeness (QED) is 0.230. The molecule has 1 aromatic heterocycles. The Bertz CT molecular complexity index is 1490. The van der Waals surface area contributed by atoms with Gasteiger partial charge < -0.3 is 29.8 Å². The molecule has 0 aliphatic carbocycles. The highest BCUT2D eigenvalue weighted by Gasteiger charge is 2.26. The SMILES string of the molecule is CNC(=O)c1ccc2c(c1)ncn2C[C@@H](C)Oc1cc(NC(C)=O)ccc1S(=O)(=O)NC(C=O)CC(=O)O.Cl. The number of ether oxygens (including phenoxy) is 1. The topological polar surface area (TPSA) is 186 Å². The first-order valence-corrected chi connectivity index (χ1v) is 12.9. The summed E-state index contributed by atoms with van der Waals surface area (Å²) in [6.07, 6.45) is 0.397. The number of carbonyl (C=O) groups is 4. The zero-order valence-corrected chi connectivity index (χ0v) is 22.8. The van der Waals surface area contributed by atoms with Crippen LogP contribution in [0.4, 0.5) is 5.69 Å². The van der Waals surface area contributed by atoms with Gasteiger partial charge in [0.2, 0.25) is 15.9 Å². The Morgan fingerprint density at radius 3 is 2.51 bits per heavy atom. The lowest BCUT2D eigenvalue weighted by atomic mass is 10.2. The van der Waals surface area contributed by atoms with E-state index in [2.05, 4.69) is 20.3 Å². The smallest absolute Gasteiger partial charge is 0.305 e. The van der Waals surface area contributed by atoms with E-state index in [9.17, 15) is 27.6 Å². The summed E-state index contributed by atoms with van der Waals surface area (Å²) in [6, 6.07) is 7.39. The number of imidazole rings is 1. The maximum atomic E-state index is 13.0. The van der Waals surface area contributed by atoms with Crippen LogP contribution < -0.4 is 20.1 Å². The summed E-state index contributed by atoms with van der Waals surface area (Å²) in [5.74, 6) is -2.12. The van der Waals surface area contributed by atoms with Crippen molar-refractivity contribution >= 4 is 63.2 Å². The molecule has 0 spiro atoms. The molecule has 4 N–H and O–H groups in total. The van der Waals surface area contributed by atoms with Gasteiger partial charge in [-0.2, -0.15) is 0 Å². The van der Waals surface area contributed by atoms with Gasteiger partial charge in [-0.25, -0.2) is 18.1 Å². The minimum absolute atomic E-state index is 0. The van der Waals surface area contributed by atoms with E-state index < -0.39 is 34.6 Å². The second-order valence-corrected chi connectivity index (χ2v) is 10.1. The van der Waals surface area contributed by atoms with Crippen molar-refractivity contribution in [1.82, 2.24) is 19.6 Å². The van der Waals surface area contributed by atoms with Gasteiger partial charge in [-0.3, -0.25) is 14.4 Å². The normalized spacial score (nSPS) is 12.6. The molecular formula is C24H28ClN5O8S. The molecular weight excluding hydrogens is 554 g/mol. The first-order chi connectivity index (χ1) is 17.9. The lowest BCUT2D eigenvalue weighted by Gasteiger charge is -2.20. The molecule has 2 atom stereocenters. The summed E-state index contributed by atoms with van der Waals surface area (Å²) >= 11 is 0. The molecule has 0 saturated heterocycles. The number of halogens is 1. The van der Waals surface area contributed by atoms with Gasteiger partial charge >= 0.3 is 5.97 Å². The van der Waals surface area contributed by atoms with Gasteiger partial charge in [0.1, 0.15) is 23.0 Å². The molecule has 39 heavy (non-hydrogen) atoms. The number of aliphatic carboxylic acids is 1. The number of carbonyl (C=O) groups excluding carboxylic acids is 3. The van der Waals surface area contributed by atoms with Crippen LogP contribution in [0.2, 0.25) is 0 Å². The molecule has 15 heteroatoms. The molecule has 0 fully saturated rings. The van der Waals surface area contributed by atoms with Crippen LogP contribution in [0, 0.1) is 0 Å². The Hall–Kier alpha value is -4.01. The van der Waals surface area contributed by atoms with Gasteiger partial charge in [0.05, 0.1) is 36.4 Å². The molecule has 210 valence electrons. The Labute approximate surface area is 230 Å². The Morgan fingerprint density at radius 1 is 1.18 bits per heavy atom. The van der Waals surface area contributed by atoms with Crippen molar-refractivity contribution in [2.45, 2.75) is 43.9 Å². The zero-order valence-electron chi connectivity index (χ0n) is 21.2. The fraction of sp³-hybridized carbons (Fsp3) is 0.292. The summed E-state index contributed by atoms with van der Waals surface area (Å²) in [5.41, 5.74) is 2.02. The van der Waals surface area contributed by atoms with E-state index in [4.69, 9.17) is 9.84 Å². The molecule has 0 bridgehead atoms. The van der Waals surface area contributed by atoms with Crippen molar-refractivity contribution in [3.05, 3.63) is 48.3 Å². The van der Waals surface area contributed by atoms with Crippen LogP contribution in [0.25, 0.3) is 11.0 Å². The van der Waals surface area contributed by atoms with E-state index in [1.807, 2.05) is 0 Å². The van der Waals surface area contributed by atoms with Crippen LogP contribution in [0.1, 0.15) is 30.6 Å². The largest absolute Gasteiger partial charge is 0.487 e. The average Bonchev–Trinajstić information content (AvgIpc) is 3.23. The van der Waals surface area contributed by atoms with Crippen LogP contribution >= 0.6 is 12.4 Å². The highest BCUT2D eigenvalue weighted by atomic mass is 35.5. The third kappa shape index (κ3) is 7.99. The van der Waals surface area contributed by atoms with E-state index in [0.717, 1.165) is 5.52 Å². The van der Waals surface area contributed by atoms with E-state index in [1.165, 1.54) is 32.2 Å². The summed E-state index contributed by atoms with van der Waals surface area (Å²) in [4.78, 5) is 49.6. The number of fused-ring (bicyclic) bond motifs is 1. The number of hydrogen-bond acceptors (Lipinski definition) is 8. The van der Waals surface area contributed by atoms with Crippen molar-refractivity contribution < 1.29 is 37.4 Å². The molecule has 0 aliphatic rings. The van der Waals surface area contributed by atoms with Crippen molar-refractivity contribution in [3.63, 3.8) is 0 Å². The Morgan fingerprint density at radius 2 is 1.90 bits per heavy atom. The molecule has 3 aromatic rings. The monoisotopic (exact) mass is 581 g/mol. The molecule has 2 aromatic carbocycles. The van der Waals surface area contributed by atoms with Gasteiger partial charge in [-0.15, -0.1) is 12.4 Å². The first kappa shape index (κ1) is 31.2. The lowest BCUT2D eigenvalue weighted by molar-refractivity contribution is -0.138. The lowest BCUT2D eigenvalue weighted by Crippen LogP contribution is -2.37. The molecule has 0 radical (unpaired) electrons. The minimum atomic E-state index is -4.39. The van der Waals surface area contributed by atoms with Crippen molar-refractivity contribution in [2.24, 2.45) is 0 Å². The predicted molar refractivity (Wildman–Crippen MR) is 144 cm³/mol. The molecule has 0 aliphatic heterocycles. The van der Waals surface area contributed by atoms with Crippen LogP contribution in [0.3, 0.4) is 0 Å². The van der Waals surface area contributed by atoms with Gasteiger partial charge in [-0.05, 0) is 37.3 Å². The van der Waals surface area contributed by atoms with Crippen LogP contribution in [-0.2, 0) is 31.0 Å². The summed E-state index contributed by atoms with van der Waals surface area (Å²) in [7, 11) is -2.86. The zero-order chi connectivity index (χ0) is 28.0. The van der Waals surface area contributed by atoms with Crippen molar-refractivity contribution in [1.29, 1.82) is 0 Å². The minimum Gasteiger partial charge on any atom is -0.487 e. The van der Waals surface area contributed by atoms with E-state index in [1.54, 1.807) is 36.0 Å². The highest BCUT2D eigenvalue weighted by Crippen LogP contribution is 2.29. The van der Waals surface area contributed by atoms with Crippen LogP contribution in [0.15, 0.2) is 47.6 Å². The second-order valence-electron chi connectivity index (χ2n) is 8.41. The number of carboxylic acids is 1. The van der Waals surface area contributed by atoms with E-state index in [0.29, 0.717) is 11.1 Å². The fourth-order valence-corrected chi connectivity index (χ4v) is 4.98. The first-order valence-electron chi connectivity index (χ1n) is 11.4. The van der Waals surface area contributed by atoms with Gasteiger partial charge in [0.15, 0.2) is 0 Å². The molecule has 1 heterocycles. The number of anilines is 1. The maximum Gasteiger partial charge on any atom is 0.305 e. The summed E-state index contributed by atoms with van der Waals surface area (Å²) in [6.45, 7) is 3.22. The van der Waals surface area contributed by atoms with Gasteiger partial charge in [0.25, 0.3) is 5.91 Å². The third-order valence-electron chi connectivity index (χ3n) is 5.31.